The summed E-state index contributed by atoms with van der Waals surface area (Å²) in [7, 11) is -3.69. The van der Waals surface area contributed by atoms with Crippen LogP contribution in [-0.2, 0) is 10.0 Å². The molecule has 0 saturated carbocycles. The molecule has 162 valence electrons. The van der Waals surface area contributed by atoms with Crippen LogP contribution in [0.5, 0.6) is 5.75 Å². The van der Waals surface area contributed by atoms with Crippen LogP contribution in [0.25, 0.3) is 0 Å². The highest BCUT2D eigenvalue weighted by atomic mass is 32.2. The lowest BCUT2D eigenvalue weighted by Crippen LogP contribution is -2.36. The van der Waals surface area contributed by atoms with E-state index in [0.29, 0.717) is 17.9 Å². The number of nitrogens with one attached hydrogen (secondary N) is 2. The van der Waals surface area contributed by atoms with Crippen LogP contribution < -0.4 is 14.8 Å². The zero-order valence-corrected chi connectivity index (χ0v) is 18.6. The first-order valence-electron chi connectivity index (χ1n) is 9.93. The Kier molecular flexibility index (Phi) is 6.97. The summed E-state index contributed by atoms with van der Waals surface area (Å²) >= 11 is 0. The molecule has 0 unspecified atom stereocenters. The molecule has 1 amide bonds. The summed E-state index contributed by atoms with van der Waals surface area (Å²) in [5.41, 5.74) is 2.94. The molecule has 3 aromatic rings. The van der Waals surface area contributed by atoms with Crippen LogP contribution in [0.1, 0.15) is 28.4 Å². The predicted octanol–water partition coefficient (Wildman–Crippen LogP) is 4.30. The summed E-state index contributed by atoms with van der Waals surface area (Å²) < 4.78 is 33.2. The van der Waals surface area contributed by atoms with E-state index in [9.17, 15) is 13.2 Å². The van der Waals surface area contributed by atoms with Crippen molar-refractivity contribution in [2.45, 2.75) is 31.7 Å². The normalized spacial score (nSPS) is 12.1. The van der Waals surface area contributed by atoms with Crippen molar-refractivity contribution in [1.82, 2.24) is 5.32 Å². The van der Waals surface area contributed by atoms with Crippen LogP contribution in [0.2, 0.25) is 0 Å². The smallest absolute Gasteiger partial charge is 0.261 e. The van der Waals surface area contributed by atoms with Gasteiger partial charge in [0.25, 0.3) is 15.9 Å². The molecule has 1 atom stereocenters. The Morgan fingerprint density at radius 1 is 0.871 bits per heavy atom. The van der Waals surface area contributed by atoms with Gasteiger partial charge in [0, 0.05) is 11.3 Å². The van der Waals surface area contributed by atoms with E-state index < -0.39 is 10.0 Å². The largest absolute Gasteiger partial charge is 0.491 e. The fourth-order valence-electron chi connectivity index (χ4n) is 2.83. The topological polar surface area (TPSA) is 84.5 Å². The Morgan fingerprint density at radius 3 is 2.00 bits per heavy atom. The van der Waals surface area contributed by atoms with Gasteiger partial charge < -0.3 is 10.1 Å². The molecule has 0 aliphatic heterocycles. The van der Waals surface area contributed by atoms with Crippen molar-refractivity contribution < 1.29 is 17.9 Å². The lowest BCUT2D eigenvalue weighted by atomic mass is 10.2. The second kappa shape index (κ2) is 9.66. The summed E-state index contributed by atoms with van der Waals surface area (Å²) in [5, 5.41) is 2.87. The second-order valence-electron chi connectivity index (χ2n) is 7.49. The van der Waals surface area contributed by atoms with Crippen molar-refractivity contribution in [3.63, 3.8) is 0 Å². The third-order valence-corrected chi connectivity index (χ3v) is 6.03. The van der Waals surface area contributed by atoms with Gasteiger partial charge in [0.15, 0.2) is 0 Å². The summed E-state index contributed by atoms with van der Waals surface area (Å²) in [6, 6.07) is 20.4. The Hall–Kier alpha value is -3.32. The third kappa shape index (κ3) is 6.33. The Balaban J connectivity index is 1.55. The number of rotatable bonds is 8. The molecule has 0 spiro atoms. The molecule has 0 aliphatic rings. The van der Waals surface area contributed by atoms with Gasteiger partial charge in [0.05, 0.1) is 10.9 Å². The molecule has 31 heavy (non-hydrogen) atoms. The van der Waals surface area contributed by atoms with Crippen LogP contribution in [0.4, 0.5) is 5.69 Å². The second-order valence-corrected chi connectivity index (χ2v) is 9.18. The summed E-state index contributed by atoms with van der Waals surface area (Å²) in [6.07, 6.45) is 0. The van der Waals surface area contributed by atoms with E-state index in [1.807, 2.05) is 45.0 Å². The van der Waals surface area contributed by atoms with Crippen LogP contribution in [0.15, 0.2) is 77.7 Å². The minimum atomic E-state index is -3.69. The maximum absolute atomic E-state index is 12.5. The van der Waals surface area contributed by atoms with E-state index in [0.717, 1.165) is 16.9 Å². The molecule has 2 N–H and O–H groups in total. The van der Waals surface area contributed by atoms with Gasteiger partial charge in [-0.3, -0.25) is 9.52 Å². The van der Waals surface area contributed by atoms with Gasteiger partial charge in [-0.05, 0) is 69.3 Å². The number of aryl methyl sites for hydroxylation is 2. The van der Waals surface area contributed by atoms with Crippen molar-refractivity contribution in [2.24, 2.45) is 0 Å². The highest BCUT2D eigenvalue weighted by Crippen LogP contribution is 2.17. The molecule has 0 heterocycles. The van der Waals surface area contributed by atoms with Crippen LogP contribution in [0, 0.1) is 13.8 Å². The van der Waals surface area contributed by atoms with Crippen LogP contribution >= 0.6 is 0 Å². The van der Waals surface area contributed by atoms with Crippen LogP contribution in [-0.4, -0.2) is 27.0 Å². The summed E-state index contributed by atoms with van der Waals surface area (Å²) in [6.45, 7) is 6.09. The number of hydrogen-bond acceptors (Lipinski definition) is 4. The number of benzene rings is 3. The third-order valence-electron chi connectivity index (χ3n) is 4.63. The number of amides is 1. The van der Waals surface area contributed by atoms with Crippen LogP contribution in [0.3, 0.4) is 0 Å². The van der Waals surface area contributed by atoms with Crippen molar-refractivity contribution in [3.05, 3.63) is 89.5 Å². The zero-order valence-electron chi connectivity index (χ0n) is 17.8. The molecule has 6 nitrogen and oxygen atoms in total. The molecular weight excluding hydrogens is 412 g/mol. The quantitative estimate of drug-likeness (QED) is 0.549. The molecule has 0 aromatic heterocycles. The van der Waals surface area contributed by atoms with E-state index in [1.54, 1.807) is 48.5 Å². The average molecular weight is 439 g/mol. The van der Waals surface area contributed by atoms with Gasteiger partial charge in [-0.1, -0.05) is 35.4 Å². The SMILES string of the molecule is Cc1ccc(OC[C@@H](C)NC(=O)c2ccc(NS(=O)(=O)c3ccc(C)cc3)cc2)cc1. The maximum Gasteiger partial charge on any atom is 0.261 e. The van der Waals surface area contributed by atoms with Gasteiger partial charge in [-0.25, -0.2) is 8.42 Å². The summed E-state index contributed by atoms with van der Waals surface area (Å²) in [5.74, 6) is 0.491. The van der Waals surface area contributed by atoms with Gasteiger partial charge in [0.2, 0.25) is 0 Å². The predicted molar refractivity (Wildman–Crippen MR) is 122 cm³/mol. The molecule has 0 saturated heterocycles. The van der Waals surface area contributed by atoms with Crippen molar-refractivity contribution in [2.75, 3.05) is 11.3 Å². The maximum atomic E-state index is 12.5. The van der Waals surface area contributed by atoms with Crippen molar-refractivity contribution in [1.29, 1.82) is 0 Å². The van der Waals surface area contributed by atoms with Crippen molar-refractivity contribution >= 4 is 21.6 Å². The molecule has 3 aromatic carbocycles. The number of carbonyl (C=O) groups is 1. The first-order chi connectivity index (χ1) is 14.7. The van der Waals surface area contributed by atoms with Gasteiger partial charge in [0.1, 0.15) is 12.4 Å². The zero-order chi connectivity index (χ0) is 22.4. The minimum Gasteiger partial charge on any atom is -0.491 e. The number of ether oxygens (including phenoxy) is 1. The number of carbonyl (C=O) groups excluding carboxylic acids is 1. The van der Waals surface area contributed by atoms with E-state index in [2.05, 4.69) is 10.0 Å². The lowest BCUT2D eigenvalue weighted by Gasteiger charge is -2.15. The number of hydrogen-bond donors (Lipinski definition) is 2. The van der Waals surface area contributed by atoms with Crippen molar-refractivity contribution in [3.8, 4) is 5.75 Å². The lowest BCUT2D eigenvalue weighted by molar-refractivity contribution is 0.0926. The van der Waals surface area contributed by atoms with Gasteiger partial charge in [-0.2, -0.15) is 0 Å². The Bertz CT molecular complexity index is 1120. The van der Waals surface area contributed by atoms with E-state index in [4.69, 9.17) is 4.74 Å². The molecule has 3 rings (SSSR count). The molecule has 0 fully saturated rings. The van der Waals surface area contributed by atoms with E-state index >= 15 is 0 Å². The van der Waals surface area contributed by atoms with Gasteiger partial charge >= 0.3 is 0 Å². The fraction of sp³-hybridized carbons (Fsp3) is 0.208. The Morgan fingerprint density at radius 2 is 1.42 bits per heavy atom. The number of anilines is 1. The highest BCUT2D eigenvalue weighted by Gasteiger charge is 2.15. The highest BCUT2D eigenvalue weighted by molar-refractivity contribution is 7.92. The minimum absolute atomic E-state index is 0.183. The monoisotopic (exact) mass is 438 g/mol. The van der Waals surface area contributed by atoms with Gasteiger partial charge in [-0.15, -0.1) is 0 Å². The van der Waals surface area contributed by atoms with E-state index in [-0.39, 0.29) is 16.8 Å². The molecule has 7 heteroatoms. The summed E-state index contributed by atoms with van der Waals surface area (Å²) in [4.78, 5) is 12.6. The first-order valence-corrected chi connectivity index (χ1v) is 11.4. The Labute approximate surface area is 183 Å². The standard InChI is InChI=1S/C24H26N2O4S/c1-17-4-12-22(13-5-17)30-16-19(3)25-24(27)20-8-10-21(11-9-20)26-31(28,29)23-14-6-18(2)7-15-23/h4-15,19,26H,16H2,1-3H3,(H,25,27)/t19-/m1/s1. The molecule has 0 aliphatic carbocycles. The first kappa shape index (κ1) is 22.4. The molecule has 0 radical (unpaired) electrons. The van der Waals surface area contributed by atoms with E-state index in [1.165, 1.54) is 0 Å². The average Bonchev–Trinajstić information content (AvgIpc) is 2.74. The number of sulfonamides is 1. The fourth-order valence-corrected chi connectivity index (χ4v) is 3.88. The molecular formula is C24H26N2O4S. The molecule has 0 bridgehead atoms.